The van der Waals surface area contributed by atoms with Crippen LogP contribution in [0.25, 0.3) is 6.08 Å². The van der Waals surface area contributed by atoms with Gasteiger partial charge < -0.3 is 10.1 Å². The van der Waals surface area contributed by atoms with Gasteiger partial charge in [0, 0.05) is 16.3 Å². The number of hydrogen-bond donors (Lipinski definition) is 2. The molecule has 8 nitrogen and oxygen atoms in total. The molecule has 1 fully saturated rings. The minimum absolute atomic E-state index is 0.0766. The van der Waals surface area contributed by atoms with Crippen molar-refractivity contribution >= 4 is 52.8 Å². The molecule has 4 rings (SSSR count). The summed E-state index contributed by atoms with van der Waals surface area (Å²) in [6.45, 7) is 1.50. The topological polar surface area (TPSA) is 105 Å². The Labute approximate surface area is 210 Å². The minimum Gasteiger partial charge on any atom is -0.483 e. The first-order valence-corrected chi connectivity index (χ1v) is 11.1. The van der Waals surface area contributed by atoms with Crippen molar-refractivity contribution in [3.63, 3.8) is 0 Å². The molecule has 0 aromatic heterocycles. The Morgan fingerprint density at radius 2 is 1.81 bits per heavy atom. The van der Waals surface area contributed by atoms with Crippen LogP contribution in [-0.4, -0.2) is 30.4 Å². The Balaban J connectivity index is 1.58. The molecule has 2 N–H and O–H groups in total. The van der Waals surface area contributed by atoms with E-state index in [2.05, 4.69) is 10.6 Å². The van der Waals surface area contributed by atoms with Crippen molar-refractivity contribution in [2.45, 2.75) is 6.92 Å². The average Bonchev–Trinajstić information content (AvgIpc) is 2.84. The normalized spacial score (nSPS) is 14.6. The maximum Gasteiger partial charge on any atom is 0.335 e. The highest BCUT2D eigenvalue weighted by Gasteiger charge is 2.37. The summed E-state index contributed by atoms with van der Waals surface area (Å²) in [5.41, 5.74) is 1.45. The van der Waals surface area contributed by atoms with E-state index in [1.54, 1.807) is 12.1 Å². The van der Waals surface area contributed by atoms with Gasteiger partial charge >= 0.3 is 6.03 Å². The number of hydrogen-bond acceptors (Lipinski definition) is 5. The predicted molar refractivity (Wildman–Crippen MR) is 132 cm³/mol. The van der Waals surface area contributed by atoms with Gasteiger partial charge in [-0.2, -0.15) is 0 Å². The zero-order valence-corrected chi connectivity index (χ0v) is 19.6. The van der Waals surface area contributed by atoms with E-state index in [1.807, 2.05) is 19.1 Å². The van der Waals surface area contributed by atoms with E-state index < -0.39 is 29.6 Å². The van der Waals surface area contributed by atoms with Gasteiger partial charge in [0.2, 0.25) is 0 Å². The van der Waals surface area contributed by atoms with Gasteiger partial charge in [-0.05, 0) is 67.1 Å². The van der Waals surface area contributed by atoms with Crippen LogP contribution in [0, 0.1) is 12.7 Å². The Kier molecular flexibility index (Phi) is 7.12. The molecule has 0 aliphatic carbocycles. The van der Waals surface area contributed by atoms with Crippen LogP contribution >= 0.6 is 11.6 Å². The molecule has 10 heteroatoms. The number of ether oxygens (including phenoxy) is 1. The lowest BCUT2D eigenvalue weighted by Crippen LogP contribution is -2.54. The van der Waals surface area contributed by atoms with Gasteiger partial charge in [0.15, 0.2) is 6.61 Å². The SMILES string of the molecule is Cc1ccccc1NC(=O)COc1ccc(Cl)cc1/C=C1\C(=O)NC(=O)N(c2ccc(F)cc2)C1=O. The molecular formula is C26H19ClFN3O5. The van der Waals surface area contributed by atoms with Gasteiger partial charge in [-0.1, -0.05) is 29.8 Å². The number of para-hydroxylation sites is 1. The number of rotatable bonds is 6. The summed E-state index contributed by atoms with van der Waals surface area (Å²) in [6.07, 6.45) is 1.21. The molecule has 0 saturated carbocycles. The van der Waals surface area contributed by atoms with E-state index in [0.29, 0.717) is 10.6 Å². The number of carbonyl (C=O) groups is 4. The number of barbiturate groups is 1. The maximum absolute atomic E-state index is 13.3. The lowest BCUT2D eigenvalue weighted by Gasteiger charge is -2.26. The first-order valence-electron chi connectivity index (χ1n) is 10.7. The Bertz CT molecular complexity index is 1400. The summed E-state index contributed by atoms with van der Waals surface area (Å²) < 4.78 is 18.9. The van der Waals surface area contributed by atoms with Gasteiger partial charge in [-0.25, -0.2) is 14.1 Å². The van der Waals surface area contributed by atoms with Crippen molar-refractivity contribution in [1.29, 1.82) is 0 Å². The fourth-order valence-corrected chi connectivity index (χ4v) is 3.62. The lowest BCUT2D eigenvalue weighted by atomic mass is 10.1. The Hall–Kier alpha value is -4.50. The van der Waals surface area contributed by atoms with Gasteiger partial charge in [0.1, 0.15) is 17.1 Å². The average molecular weight is 508 g/mol. The Morgan fingerprint density at radius 3 is 2.53 bits per heavy atom. The highest BCUT2D eigenvalue weighted by atomic mass is 35.5. The van der Waals surface area contributed by atoms with Crippen molar-refractivity contribution in [2.75, 3.05) is 16.8 Å². The summed E-state index contributed by atoms with van der Waals surface area (Å²) >= 11 is 6.11. The number of aryl methyl sites for hydroxylation is 1. The summed E-state index contributed by atoms with van der Waals surface area (Å²) in [7, 11) is 0. The second-order valence-corrected chi connectivity index (χ2v) is 8.20. The molecule has 0 spiro atoms. The summed E-state index contributed by atoms with van der Waals surface area (Å²) in [4.78, 5) is 51.0. The number of carbonyl (C=O) groups excluding carboxylic acids is 4. The molecule has 0 atom stereocenters. The van der Waals surface area contributed by atoms with Crippen molar-refractivity contribution in [1.82, 2.24) is 5.32 Å². The summed E-state index contributed by atoms with van der Waals surface area (Å²) in [5, 5.41) is 5.12. The first-order chi connectivity index (χ1) is 17.2. The summed E-state index contributed by atoms with van der Waals surface area (Å²) in [6, 6.07) is 15.4. The van der Waals surface area contributed by atoms with Crippen molar-refractivity contribution in [3.8, 4) is 5.75 Å². The largest absolute Gasteiger partial charge is 0.483 e. The second kappa shape index (κ2) is 10.4. The van der Waals surface area contributed by atoms with Gasteiger partial charge in [0.05, 0.1) is 5.69 Å². The minimum atomic E-state index is -0.968. The molecule has 1 aliphatic heterocycles. The molecule has 1 heterocycles. The molecular weight excluding hydrogens is 489 g/mol. The van der Waals surface area contributed by atoms with E-state index in [-0.39, 0.29) is 34.2 Å². The third kappa shape index (κ3) is 5.42. The highest BCUT2D eigenvalue weighted by Crippen LogP contribution is 2.28. The number of imide groups is 2. The molecule has 182 valence electrons. The molecule has 3 aromatic rings. The van der Waals surface area contributed by atoms with Gasteiger partial charge in [0.25, 0.3) is 17.7 Å². The van der Waals surface area contributed by atoms with Crippen molar-refractivity contribution in [3.05, 3.63) is 94.3 Å². The first kappa shape index (κ1) is 24.6. The van der Waals surface area contributed by atoms with Crippen LogP contribution in [0.3, 0.4) is 0 Å². The quantitative estimate of drug-likeness (QED) is 0.378. The zero-order chi connectivity index (χ0) is 25.8. The molecule has 0 bridgehead atoms. The van der Waals surface area contributed by atoms with Crippen LogP contribution in [-0.2, 0) is 14.4 Å². The lowest BCUT2D eigenvalue weighted by molar-refractivity contribution is -0.122. The van der Waals surface area contributed by atoms with E-state index in [9.17, 15) is 23.6 Å². The van der Waals surface area contributed by atoms with E-state index >= 15 is 0 Å². The number of halogens is 2. The summed E-state index contributed by atoms with van der Waals surface area (Å²) in [5.74, 6) is -2.64. The van der Waals surface area contributed by atoms with Gasteiger partial charge in [-0.3, -0.25) is 19.7 Å². The third-order valence-corrected chi connectivity index (χ3v) is 5.47. The molecule has 0 unspecified atom stereocenters. The number of benzene rings is 3. The molecule has 3 aromatic carbocycles. The molecule has 1 aliphatic rings. The number of nitrogens with one attached hydrogen (secondary N) is 2. The van der Waals surface area contributed by atoms with Crippen LogP contribution in [0.5, 0.6) is 5.75 Å². The molecule has 0 radical (unpaired) electrons. The maximum atomic E-state index is 13.3. The smallest absolute Gasteiger partial charge is 0.335 e. The zero-order valence-electron chi connectivity index (χ0n) is 18.9. The number of amides is 5. The fourth-order valence-electron chi connectivity index (χ4n) is 3.44. The van der Waals surface area contributed by atoms with Crippen LogP contribution in [0.2, 0.25) is 5.02 Å². The van der Waals surface area contributed by atoms with Gasteiger partial charge in [-0.15, -0.1) is 0 Å². The van der Waals surface area contributed by atoms with Crippen LogP contribution in [0.4, 0.5) is 20.6 Å². The predicted octanol–water partition coefficient (Wildman–Crippen LogP) is 4.47. The Morgan fingerprint density at radius 1 is 1.08 bits per heavy atom. The molecule has 36 heavy (non-hydrogen) atoms. The van der Waals surface area contributed by atoms with Crippen molar-refractivity contribution < 1.29 is 28.3 Å². The molecule has 5 amide bonds. The van der Waals surface area contributed by atoms with E-state index in [0.717, 1.165) is 17.7 Å². The fraction of sp³-hybridized carbons (Fsp3) is 0.0769. The highest BCUT2D eigenvalue weighted by molar-refractivity contribution is 6.39. The number of urea groups is 1. The van der Waals surface area contributed by atoms with Crippen LogP contribution in [0.1, 0.15) is 11.1 Å². The van der Waals surface area contributed by atoms with E-state index in [4.69, 9.17) is 16.3 Å². The monoisotopic (exact) mass is 507 g/mol. The van der Waals surface area contributed by atoms with Crippen LogP contribution in [0.15, 0.2) is 72.3 Å². The third-order valence-electron chi connectivity index (χ3n) is 5.24. The van der Waals surface area contributed by atoms with Crippen molar-refractivity contribution in [2.24, 2.45) is 0 Å². The number of anilines is 2. The second-order valence-electron chi connectivity index (χ2n) is 7.77. The van der Waals surface area contributed by atoms with E-state index in [1.165, 1.54) is 36.4 Å². The van der Waals surface area contributed by atoms with Crippen LogP contribution < -0.4 is 20.3 Å². The molecule has 1 saturated heterocycles. The standard InChI is InChI=1S/C26H19ClFN3O5/c1-15-4-2-3-5-21(15)29-23(32)14-36-22-11-6-17(27)12-16(22)13-20-24(33)30-26(35)31(25(20)34)19-9-7-18(28)8-10-19/h2-13H,14H2,1H3,(H,29,32)(H,30,33,35)/b20-13+. The number of nitrogens with zero attached hydrogens (tertiary/aromatic N) is 1.